The molecule has 0 aromatic heterocycles. The minimum absolute atomic E-state index is 0.0496. The quantitative estimate of drug-likeness (QED) is 0.483. The van der Waals surface area contributed by atoms with Crippen LogP contribution >= 0.6 is 0 Å². The Morgan fingerprint density at radius 3 is 2.53 bits per heavy atom. The van der Waals surface area contributed by atoms with E-state index in [9.17, 15) is 0 Å². The highest BCUT2D eigenvalue weighted by atomic mass is 16.5. The van der Waals surface area contributed by atoms with Crippen molar-refractivity contribution in [3.05, 3.63) is 36.1 Å². The van der Waals surface area contributed by atoms with Gasteiger partial charge in [0, 0.05) is 0 Å². The predicted octanol–water partition coefficient (Wildman–Crippen LogP) is 4.23. The molecule has 0 amide bonds. The van der Waals surface area contributed by atoms with Crippen LogP contribution in [-0.4, -0.2) is 5.60 Å². The lowest BCUT2D eigenvalue weighted by molar-refractivity contribution is 0.106. The van der Waals surface area contributed by atoms with Gasteiger partial charge in [0.2, 0.25) is 0 Å². The molecular formula is C14H22O. The van der Waals surface area contributed by atoms with E-state index in [0.717, 1.165) is 18.6 Å². The molecule has 0 spiro atoms. The fourth-order valence-electron chi connectivity index (χ4n) is 1.45. The third kappa shape index (κ3) is 3.26. The summed E-state index contributed by atoms with van der Waals surface area (Å²) < 4.78 is 5.90. The van der Waals surface area contributed by atoms with Gasteiger partial charge in [-0.05, 0) is 44.8 Å². The maximum absolute atomic E-state index is 5.90. The van der Waals surface area contributed by atoms with E-state index in [-0.39, 0.29) is 5.60 Å². The Labute approximate surface area is 93.5 Å². The number of allylic oxidation sites excluding steroid dienone is 4. The zero-order valence-corrected chi connectivity index (χ0v) is 10.3. The van der Waals surface area contributed by atoms with E-state index in [2.05, 4.69) is 40.3 Å². The van der Waals surface area contributed by atoms with Crippen LogP contribution in [0.1, 0.15) is 40.5 Å². The van der Waals surface area contributed by atoms with Crippen molar-refractivity contribution in [1.82, 2.24) is 0 Å². The minimum Gasteiger partial charge on any atom is -0.487 e. The van der Waals surface area contributed by atoms with Gasteiger partial charge in [-0.15, -0.1) is 0 Å². The molecule has 1 fully saturated rings. The van der Waals surface area contributed by atoms with Crippen molar-refractivity contribution in [2.75, 3.05) is 0 Å². The molecule has 2 atom stereocenters. The van der Waals surface area contributed by atoms with E-state index in [1.165, 1.54) is 5.57 Å². The number of hydrogen-bond donors (Lipinski definition) is 0. The summed E-state index contributed by atoms with van der Waals surface area (Å²) in [6, 6.07) is 0. The summed E-state index contributed by atoms with van der Waals surface area (Å²) in [5, 5.41) is 0. The zero-order chi connectivity index (χ0) is 11.5. The van der Waals surface area contributed by atoms with E-state index in [0.29, 0.717) is 5.92 Å². The van der Waals surface area contributed by atoms with Crippen molar-refractivity contribution in [1.29, 1.82) is 0 Å². The molecule has 0 bridgehead atoms. The second-order valence-corrected chi connectivity index (χ2v) is 4.66. The van der Waals surface area contributed by atoms with Crippen LogP contribution < -0.4 is 0 Å². The van der Waals surface area contributed by atoms with Gasteiger partial charge in [0.1, 0.15) is 11.4 Å². The summed E-state index contributed by atoms with van der Waals surface area (Å²) in [4.78, 5) is 0. The summed E-state index contributed by atoms with van der Waals surface area (Å²) in [7, 11) is 0. The monoisotopic (exact) mass is 206 g/mol. The number of hydrogen-bond acceptors (Lipinski definition) is 1. The Hall–Kier alpha value is -0.980. The van der Waals surface area contributed by atoms with Gasteiger partial charge in [-0.25, -0.2) is 0 Å². The fraction of sp³-hybridized carbons (Fsp3) is 0.571. The second-order valence-electron chi connectivity index (χ2n) is 4.66. The Morgan fingerprint density at radius 2 is 2.13 bits per heavy atom. The second kappa shape index (κ2) is 4.69. The lowest BCUT2D eigenvalue weighted by Gasteiger charge is -2.14. The molecule has 1 rings (SSSR count). The van der Waals surface area contributed by atoms with Crippen molar-refractivity contribution in [3.63, 3.8) is 0 Å². The van der Waals surface area contributed by atoms with Gasteiger partial charge >= 0.3 is 0 Å². The molecule has 1 aliphatic carbocycles. The summed E-state index contributed by atoms with van der Waals surface area (Å²) in [5.74, 6) is 1.55. The van der Waals surface area contributed by atoms with E-state index >= 15 is 0 Å². The summed E-state index contributed by atoms with van der Waals surface area (Å²) in [6.07, 6.45) is 8.13. The van der Waals surface area contributed by atoms with Crippen molar-refractivity contribution in [3.8, 4) is 0 Å². The molecule has 0 heterocycles. The van der Waals surface area contributed by atoms with E-state index in [1.54, 1.807) is 6.08 Å². The van der Waals surface area contributed by atoms with Crippen LogP contribution in [0.15, 0.2) is 36.1 Å². The Morgan fingerprint density at radius 1 is 1.53 bits per heavy atom. The van der Waals surface area contributed by atoms with Gasteiger partial charge < -0.3 is 4.74 Å². The first-order valence-electron chi connectivity index (χ1n) is 5.70. The van der Waals surface area contributed by atoms with Crippen LogP contribution in [0, 0.1) is 5.92 Å². The SMILES string of the molecule is C=CC(=CC=C(C)CC)OC1(C)CC1C. The Balaban J connectivity index is 2.60. The first kappa shape index (κ1) is 12.1. The summed E-state index contributed by atoms with van der Waals surface area (Å²) >= 11 is 0. The Bertz CT molecular complexity index is 298. The van der Waals surface area contributed by atoms with Crippen molar-refractivity contribution >= 4 is 0 Å². The molecule has 0 saturated heterocycles. The average Bonchev–Trinajstić information content (AvgIpc) is 2.80. The van der Waals surface area contributed by atoms with Crippen LogP contribution in [0.3, 0.4) is 0 Å². The molecular weight excluding hydrogens is 184 g/mol. The maximum Gasteiger partial charge on any atom is 0.119 e. The molecule has 0 radical (unpaired) electrons. The lowest BCUT2D eigenvalue weighted by atomic mass is 10.2. The predicted molar refractivity (Wildman–Crippen MR) is 65.6 cm³/mol. The van der Waals surface area contributed by atoms with Gasteiger partial charge in [-0.2, -0.15) is 0 Å². The third-order valence-corrected chi connectivity index (χ3v) is 3.24. The van der Waals surface area contributed by atoms with Crippen LogP contribution in [0.4, 0.5) is 0 Å². The van der Waals surface area contributed by atoms with Crippen LogP contribution in [-0.2, 0) is 4.74 Å². The van der Waals surface area contributed by atoms with E-state index < -0.39 is 0 Å². The molecule has 15 heavy (non-hydrogen) atoms. The normalized spacial score (nSPS) is 31.3. The van der Waals surface area contributed by atoms with Crippen molar-refractivity contribution in [2.24, 2.45) is 5.92 Å². The van der Waals surface area contributed by atoms with Gasteiger partial charge in [-0.1, -0.05) is 32.1 Å². The van der Waals surface area contributed by atoms with Crippen LogP contribution in [0.5, 0.6) is 0 Å². The van der Waals surface area contributed by atoms with Crippen molar-refractivity contribution in [2.45, 2.75) is 46.1 Å². The maximum atomic E-state index is 5.90. The molecule has 0 aliphatic heterocycles. The molecule has 1 aliphatic rings. The first-order valence-corrected chi connectivity index (χ1v) is 5.70. The number of rotatable bonds is 5. The standard InChI is InChI=1S/C14H22O/c1-6-11(3)8-9-13(7-2)15-14(5)10-12(14)4/h7-9,12H,2,6,10H2,1,3-5H3. The van der Waals surface area contributed by atoms with Crippen LogP contribution in [0.2, 0.25) is 0 Å². The van der Waals surface area contributed by atoms with Gasteiger partial charge in [0.25, 0.3) is 0 Å². The summed E-state index contributed by atoms with van der Waals surface area (Å²) in [5.41, 5.74) is 1.40. The molecule has 84 valence electrons. The average molecular weight is 206 g/mol. The molecule has 2 unspecified atom stereocenters. The number of ether oxygens (including phenoxy) is 1. The molecule has 1 saturated carbocycles. The van der Waals surface area contributed by atoms with Gasteiger partial charge in [0.05, 0.1) is 0 Å². The third-order valence-electron chi connectivity index (χ3n) is 3.24. The minimum atomic E-state index is 0.0496. The smallest absolute Gasteiger partial charge is 0.119 e. The first-order chi connectivity index (χ1) is 7.01. The van der Waals surface area contributed by atoms with E-state index in [1.807, 2.05) is 6.08 Å². The van der Waals surface area contributed by atoms with Gasteiger partial charge in [-0.3, -0.25) is 0 Å². The van der Waals surface area contributed by atoms with E-state index in [4.69, 9.17) is 4.74 Å². The summed E-state index contributed by atoms with van der Waals surface area (Å²) in [6.45, 7) is 12.4. The molecule has 0 N–H and O–H groups in total. The highest BCUT2D eigenvalue weighted by molar-refractivity contribution is 5.21. The van der Waals surface area contributed by atoms with Gasteiger partial charge in [0.15, 0.2) is 0 Å². The highest BCUT2D eigenvalue weighted by Crippen LogP contribution is 2.47. The fourth-order valence-corrected chi connectivity index (χ4v) is 1.45. The lowest BCUT2D eigenvalue weighted by Crippen LogP contribution is -2.09. The van der Waals surface area contributed by atoms with Crippen LogP contribution in [0.25, 0.3) is 0 Å². The highest BCUT2D eigenvalue weighted by Gasteiger charge is 2.49. The largest absolute Gasteiger partial charge is 0.487 e. The Kier molecular flexibility index (Phi) is 3.78. The molecule has 1 heteroatoms. The van der Waals surface area contributed by atoms with Crippen molar-refractivity contribution < 1.29 is 4.74 Å². The topological polar surface area (TPSA) is 9.23 Å². The molecule has 0 aromatic rings. The molecule has 1 nitrogen and oxygen atoms in total. The zero-order valence-electron chi connectivity index (χ0n) is 10.3. The molecule has 0 aromatic carbocycles.